The Kier molecular flexibility index (Phi) is 4.80. The van der Waals surface area contributed by atoms with Crippen LogP contribution < -0.4 is 11.1 Å². The van der Waals surface area contributed by atoms with E-state index in [4.69, 9.17) is 28.9 Å². The number of thiophene rings is 1. The number of primary amides is 1. The molecule has 2 aromatic heterocycles. The molecule has 1 aliphatic carbocycles. The average molecular weight is 384 g/mol. The summed E-state index contributed by atoms with van der Waals surface area (Å²) in [5, 5.41) is 3.57. The third kappa shape index (κ3) is 3.27. The van der Waals surface area contributed by atoms with Gasteiger partial charge in [0.1, 0.15) is 10.2 Å². The smallest absolute Gasteiger partial charge is 0.257 e. The first kappa shape index (κ1) is 17.2. The molecule has 0 saturated carbocycles. The number of anilines is 1. The minimum absolute atomic E-state index is 0.131. The number of carbonyl (C=O) groups is 2. The summed E-state index contributed by atoms with van der Waals surface area (Å²) >= 11 is 13.1. The molecule has 3 rings (SSSR count). The minimum Gasteiger partial charge on any atom is -0.365 e. The van der Waals surface area contributed by atoms with Crippen LogP contribution in [0.2, 0.25) is 10.2 Å². The van der Waals surface area contributed by atoms with Gasteiger partial charge in [-0.25, -0.2) is 4.98 Å². The van der Waals surface area contributed by atoms with Crippen LogP contribution in [-0.2, 0) is 12.8 Å². The fourth-order valence-corrected chi connectivity index (χ4v) is 4.50. The number of aromatic nitrogens is 1. The maximum absolute atomic E-state index is 12.4. The zero-order valence-electron chi connectivity index (χ0n) is 12.9. The number of nitrogens with one attached hydrogen (secondary N) is 1. The molecule has 0 fully saturated rings. The molecule has 0 saturated heterocycles. The van der Waals surface area contributed by atoms with Crippen LogP contribution in [0.5, 0.6) is 0 Å². The highest BCUT2D eigenvalue weighted by Crippen LogP contribution is 2.39. The largest absolute Gasteiger partial charge is 0.365 e. The van der Waals surface area contributed by atoms with E-state index < -0.39 is 11.8 Å². The van der Waals surface area contributed by atoms with E-state index >= 15 is 0 Å². The van der Waals surface area contributed by atoms with Crippen LogP contribution in [0.1, 0.15) is 44.5 Å². The van der Waals surface area contributed by atoms with Crippen molar-refractivity contribution in [3.8, 4) is 0 Å². The van der Waals surface area contributed by atoms with Crippen LogP contribution in [-0.4, -0.2) is 16.8 Å². The lowest BCUT2D eigenvalue weighted by Gasteiger charge is -2.18. The van der Waals surface area contributed by atoms with Gasteiger partial charge in [0.25, 0.3) is 11.8 Å². The summed E-state index contributed by atoms with van der Waals surface area (Å²) in [6.07, 6.45) is 4.04. The van der Waals surface area contributed by atoms with Crippen molar-refractivity contribution < 1.29 is 9.59 Å². The molecule has 0 spiro atoms. The van der Waals surface area contributed by atoms with Crippen molar-refractivity contribution in [3.05, 3.63) is 44.0 Å². The predicted molar refractivity (Wildman–Crippen MR) is 96.2 cm³/mol. The minimum atomic E-state index is -0.524. The second-order valence-electron chi connectivity index (χ2n) is 5.87. The van der Waals surface area contributed by atoms with E-state index in [1.54, 1.807) is 0 Å². The Labute approximate surface area is 153 Å². The SMILES string of the molecule is CC1CCc2c(sc(NC(=O)c3cnc(Cl)c(Cl)c3)c2C(N)=O)C1. The normalized spacial score (nSPS) is 16.5. The predicted octanol–water partition coefficient (Wildman–Crippen LogP) is 3.93. The van der Waals surface area contributed by atoms with Crippen LogP contribution in [0.4, 0.5) is 5.00 Å². The number of carbonyl (C=O) groups excluding carboxylic acids is 2. The second kappa shape index (κ2) is 6.70. The van der Waals surface area contributed by atoms with E-state index in [0.717, 1.165) is 29.7 Å². The summed E-state index contributed by atoms with van der Waals surface area (Å²) in [6, 6.07) is 1.44. The summed E-state index contributed by atoms with van der Waals surface area (Å²) in [7, 11) is 0. The molecule has 0 radical (unpaired) electrons. The molecule has 5 nitrogen and oxygen atoms in total. The molecular weight excluding hydrogens is 369 g/mol. The number of hydrogen-bond acceptors (Lipinski definition) is 4. The number of halogens is 2. The van der Waals surface area contributed by atoms with Crippen molar-refractivity contribution in [1.29, 1.82) is 0 Å². The monoisotopic (exact) mass is 383 g/mol. The zero-order chi connectivity index (χ0) is 17.4. The Morgan fingerprint density at radius 3 is 2.83 bits per heavy atom. The van der Waals surface area contributed by atoms with Crippen molar-refractivity contribution in [2.24, 2.45) is 11.7 Å². The van der Waals surface area contributed by atoms with Gasteiger partial charge in [-0.3, -0.25) is 9.59 Å². The Morgan fingerprint density at radius 2 is 2.17 bits per heavy atom. The van der Waals surface area contributed by atoms with Crippen LogP contribution in [0, 0.1) is 5.92 Å². The Balaban J connectivity index is 1.93. The first-order chi connectivity index (χ1) is 11.4. The first-order valence-corrected chi connectivity index (χ1v) is 9.00. The van der Waals surface area contributed by atoms with Crippen LogP contribution in [0.15, 0.2) is 12.3 Å². The van der Waals surface area contributed by atoms with Crippen molar-refractivity contribution in [2.75, 3.05) is 5.32 Å². The molecular formula is C16H15Cl2N3O2S. The highest BCUT2D eigenvalue weighted by molar-refractivity contribution is 7.17. The lowest BCUT2D eigenvalue weighted by molar-refractivity contribution is 0.1000. The van der Waals surface area contributed by atoms with Gasteiger partial charge in [0.05, 0.1) is 16.1 Å². The van der Waals surface area contributed by atoms with Crippen molar-refractivity contribution in [3.63, 3.8) is 0 Å². The molecule has 0 bridgehead atoms. The highest BCUT2D eigenvalue weighted by atomic mass is 35.5. The average Bonchev–Trinajstić information content (AvgIpc) is 2.86. The quantitative estimate of drug-likeness (QED) is 0.787. The molecule has 1 atom stereocenters. The van der Waals surface area contributed by atoms with Crippen LogP contribution >= 0.6 is 34.5 Å². The molecule has 8 heteroatoms. The van der Waals surface area contributed by atoms with Crippen molar-refractivity contribution in [1.82, 2.24) is 4.98 Å². The molecule has 126 valence electrons. The first-order valence-electron chi connectivity index (χ1n) is 7.43. The van der Waals surface area contributed by atoms with Gasteiger partial charge in [0.15, 0.2) is 0 Å². The highest BCUT2D eigenvalue weighted by Gasteiger charge is 2.27. The summed E-state index contributed by atoms with van der Waals surface area (Å²) in [4.78, 5) is 29.3. The summed E-state index contributed by atoms with van der Waals surface area (Å²) in [5.41, 5.74) is 7.19. The Morgan fingerprint density at radius 1 is 1.42 bits per heavy atom. The maximum Gasteiger partial charge on any atom is 0.257 e. The van der Waals surface area contributed by atoms with Gasteiger partial charge in [0.2, 0.25) is 0 Å². The van der Waals surface area contributed by atoms with Crippen LogP contribution in [0.25, 0.3) is 0 Å². The summed E-state index contributed by atoms with van der Waals surface area (Å²) in [6.45, 7) is 2.17. The van der Waals surface area contributed by atoms with Gasteiger partial charge in [-0.2, -0.15) is 0 Å². The van der Waals surface area contributed by atoms with E-state index in [2.05, 4.69) is 17.2 Å². The van der Waals surface area contributed by atoms with Gasteiger partial charge in [-0.05, 0) is 36.8 Å². The van der Waals surface area contributed by atoms with Gasteiger partial charge >= 0.3 is 0 Å². The zero-order valence-corrected chi connectivity index (χ0v) is 15.2. The molecule has 1 unspecified atom stereocenters. The van der Waals surface area contributed by atoms with E-state index in [0.29, 0.717) is 16.5 Å². The summed E-state index contributed by atoms with van der Waals surface area (Å²) in [5.74, 6) is -0.375. The van der Waals surface area contributed by atoms with Gasteiger partial charge < -0.3 is 11.1 Å². The van der Waals surface area contributed by atoms with Gasteiger partial charge in [-0.15, -0.1) is 11.3 Å². The van der Waals surface area contributed by atoms with E-state index in [1.807, 2.05) is 0 Å². The molecule has 24 heavy (non-hydrogen) atoms. The topological polar surface area (TPSA) is 85.1 Å². The molecule has 2 heterocycles. The van der Waals surface area contributed by atoms with Crippen molar-refractivity contribution in [2.45, 2.75) is 26.2 Å². The fraction of sp³-hybridized carbons (Fsp3) is 0.312. The second-order valence-corrected chi connectivity index (χ2v) is 7.74. The number of pyridine rings is 1. The van der Waals surface area contributed by atoms with Gasteiger partial charge in [0, 0.05) is 11.1 Å². The number of nitrogens with two attached hydrogens (primary N) is 1. The van der Waals surface area contributed by atoms with E-state index in [-0.39, 0.29) is 15.7 Å². The van der Waals surface area contributed by atoms with Crippen LogP contribution in [0.3, 0.4) is 0 Å². The number of hydrogen-bond donors (Lipinski definition) is 2. The lowest BCUT2D eigenvalue weighted by atomic mass is 9.88. The third-order valence-corrected chi connectivity index (χ3v) is 5.90. The fourth-order valence-electron chi connectivity index (χ4n) is 2.82. The number of nitrogens with zero attached hydrogens (tertiary/aromatic N) is 1. The lowest BCUT2D eigenvalue weighted by Crippen LogP contribution is -2.19. The van der Waals surface area contributed by atoms with Crippen molar-refractivity contribution >= 4 is 51.4 Å². The molecule has 0 aliphatic heterocycles. The third-order valence-electron chi connectivity index (χ3n) is 4.04. The van der Waals surface area contributed by atoms with E-state index in [9.17, 15) is 9.59 Å². The molecule has 1 aliphatic rings. The standard InChI is InChI=1S/C16H15Cl2N3O2S/c1-7-2-3-9-11(4-7)24-16(12(9)14(19)22)21-15(23)8-5-10(17)13(18)20-6-8/h5-7H,2-4H2,1H3,(H2,19,22)(H,21,23). The van der Waals surface area contributed by atoms with E-state index in [1.165, 1.54) is 23.6 Å². The number of rotatable bonds is 3. The van der Waals surface area contributed by atoms with Gasteiger partial charge in [-0.1, -0.05) is 30.1 Å². The number of fused-ring (bicyclic) bond motifs is 1. The Bertz CT molecular complexity index is 835. The molecule has 0 aromatic carbocycles. The molecule has 2 amide bonds. The molecule has 3 N–H and O–H groups in total. The maximum atomic E-state index is 12.4. The summed E-state index contributed by atoms with van der Waals surface area (Å²) < 4.78 is 0. The Hall–Kier alpha value is -1.63. The number of amides is 2. The molecule has 2 aromatic rings.